The van der Waals surface area contributed by atoms with Crippen LogP contribution in [-0.2, 0) is 31.6 Å². The quantitative estimate of drug-likeness (QED) is 0.246. The molecule has 0 radical (unpaired) electrons. The van der Waals surface area contributed by atoms with Gasteiger partial charge in [-0.3, -0.25) is 9.09 Å². The van der Waals surface area contributed by atoms with Crippen LogP contribution in [0, 0.1) is 0 Å². The summed E-state index contributed by atoms with van der Waals surface area (Å²) >= 11 is 0. The Morgan fingerprint density at radius 3 is 2.43 bits per heavy atom. The fourth-order valence-corrected chi connectivity index (χ4v) is 5.24. The zero-order valence-corrected chi connectivity index (χ0v) is 16.3. The van der Waals surface area contributed by atoms with Crippen molar-refractivity contribution in [3.63, 3.8) is 0 Å². The Hall–Kier alpha value is -0.990. The number of rotatable bonds is 8. The number of hydrogen-bond donors (Lipinski definition) is 6. The number of hydrogen-bond acceptors (Lipinski definition) is 11. The SMILES string of the molecule is Nc1ccn([C@@H]2O[C@H](COP(=O)(O)OP(=O)(O)OP(=O)(O)O)C[C@H]2O)c(=O)n1. The maximum atomic E-state index is 11.8. The zero-order valence-electron chi connectivity index (χ0n) is 13.6. The minimum Gasteiger partial charge on any atom is -0.388 e. The van der Waals surface area contributed by atoms with Crippen LogP contribution in [0.3, 0.4) is 0 Å². The lowest BCUT2D eigenvalue weighted by atomic mass is 10.2. The highest BCUT2D eigenvalue weighted by Crippen LogP contribution is 2.66. The molecule has 2 rings (SSSR count). The van der Waals surface area contributed by atoms with E-state index in [-0.39, 0.29) is 12.2 Å². The highest BCUT2D eigenvalue weighted by atomic mass is 31.3. The maximum Gasteiger partial charge on any atom is 0.490 e. The molecule has 7 N–H and O–H groups in total. The predicted octanol–water partition coefficient (Wildman–Crippen LogP) is -1.18. The Morgan fingerprint density at radius 2 is 1.86 bits per heavy atom. The largest absolute Gasteiger partial charge is 0.490 e. The van der Waals surface area contributed by atoms with Crippen molar-refractivity contribution in [2.75, 3.05) is 12.3 Å². The highest BCUT2D eigenvalue weighted by Gasteiger charge is 2.42. The van der Waals surface area contributed by atoms with Crippen LogP contribution in [0.2, 0.25) is 0 Å². The number of phosphoric ester groups is 1. The number of aliphatic hydroxyl groups excluding tert-OH is 1. The Morgan fingerprint density at radius 1 is 1.21 bits per heavy atom. The van der Waals surface area contributed by atoms with Gasteiger partial charge < -0.3 is 35.2 Å². The standard InChI is InChI=1S/C9H16N3O13P3/c10-7-1-2-12(9(14)11-7)8-6(13)3-5(23-8)4-22-27(18,19)25-28(20,21)24-26(15,16)17/h1-2,5-6,8,13H,3-4H2,(H,18,19)(H,20,21)(H2,10,11,14)(H2,15,16,17)/t5-,6+,8+/m0/s1. The molecule has 0 aliphatic carbocycles. The fourth-order valence-electron chi connectivity index (χ4n) is 2.19. The molecule has 16 nitrogen and oxygen atoms in total. The van der Waals surface area contributed by atoms with E-state index < -0.39 is 54.2 Å². The number of aliphatic hydroxyl groups is 1. The zero-order chi connectivity index (χ0) is 21.3. The third-order valence-corrected chi connectivity index (χ3v) is 6.93. The number of aromatic nitrogens is 2. The van der Waals surface area contributed by atoms with Crippen LogP contribution in [-0.4, -0.2) is 53.0 Å². The first-order valence-corrected chi connectivity index (χ1v) is 11.7. The molecule has 5 atom stereocenters. The van der Waals surface area contributed by atoms with E-state index >= 15 is 0 Å². The molecule has 1 aromatic heterocycles. The number of nitrogens with two attached hydrogens (primary N) is 1. The Labute approximate surface area is 155 Å². The van der Waals surface area contributed by atoms with Gasteiger partial charge in [-0.15, -0.1) is 0 Å². The lowest BCUT2D eigenvalue weighted by Gasteiger charge is -2.19. The third kappa shape index (κ3) is 6.81. The molecule has 0 amide bonds. The fraction of sp³-hybridized carbons (Fsp3) is 0.556. The molecule has 0 saturated carbocycles. The lowest BCUT2D eigenvalue weighted by molar-refractivity contribution is -0.0523. The van der Waals surface area contributed by atoms with E-state index in [0.717, 1.165) is 4.57 Å². The molecule has 1 aliphatic rings. The Kier molecular flexibility index (Phi) is 6.99. The summed E-state index contributed by atoms with van der Waals surface area (Å²) in [5.41, 5.74) is 4.53. The van der Waals surface area contributed by atoms with Gasteiger partial charge in [0, 0.05) is 12.6 Å². The summed E-state index contributed by atoms with van der Waals surface area (Å²) in [6, 6.07) is 1.27. The first-order chi connectivity index (χ1) is 12.7. The minimum atomic E-state index is -5.64. The van der Waals surface area contributed by atoms with Crippen LogP contribution in [0.1, 0.15) is 12.6 Å². The molecule has 19 heteroatoms. The summed E-state index contributed by atoms with van der Waals surface area (Å²) < 4.78 is 51.2. The molecule has 1 aromatic rings. The van der Waals surface area contributed by atoms with Crippen LogP contribution in [0.4, 0.5) is 5.82 Å². The summed E-state index contributed by atoms with van der Waals surface area (Å²) in [5.74, 6) is -0.0575. The van der Waals surface area contributed by atoms with Gasteiger partial charge in [0.15, 0.2) is 6.23 Å². The van der Waals surface area contributed by atoms with E-state index in [1.54, 1.807) is 0 Å². The van der Waals surface area contributed by atoms with E-state index in [0.29, 0.717) is 0 Å². The first kappa shape index (κ1) is 23.3. The smallest absolute Gasteiger partial charge is 0.388 e. The van der Waals surface area contributed by atoms with Crippen molar-refractivity contribution >= 4 is 29.3 Å². The monoisotopic (exact) mass is 467 g/mol. The number of phosphoric acid groups is 3. The van der Waals surface area contributed by atoms with Crippen LogP contribution >= 0.6 is 23.5 Å². The van der Waals surface area contributed by atoms with Crippen molar-refractivity contribution in [2.45, 2.75) is 24.9 Å². The molecule has 160 valence electrons. The van der Waals surface area contributed by atoms with Gasteiger partial charge in [0.25, 0.3) is 0 Å². The third-order valence-electron chi connectivity index (χ3n) is 3.13. The summed E-state index contributed by atoms with van der Waals surface area (Å²) in [7, 11) is -16.5. The maximum absolute atomic E-state index is 11.8. The molecular formula is C9H16N3O13P3. The molecule has 1 aliphatic heterocycles. The molecule has 1 fully saturated rings. The topological polar surface area (TPSA) is 250 Å². The van der Waals surface area contributed by atoms with Crippen molar-refractivity contribution in [3.05, 3.63) is 22.7 Å². The van der Waals surface area contributed by atoms with E-state index in [9.17, 15) is 28.5 Å². The van der Waals surface area contributed by atoms with E-state index in [2.05, 4.69) is 18.1 Å². The number of nitrogen functional groups attached to an aromatic ring is 1. The van der Waals surface area contributed by atoms with Gasteiger partial charge in [-0.05, 0) is 6.07 Å². The van der Waals surface area contributed by atoms with E-state index in [1.807, 2.05) is 0 Å². The summed E-state index contributed by atoms with van der Waals surface area (Å²) in [6.07, 6.45) is -2.47. The Balaban J connectivity index is 1.97. The second-order valence-corrected chi connectivity index (χ2v) is 9.80. The molecule has 0 bridgehead atoms. The highest BCUT2D eigenvalue weighted by molar-refractivity contribution is 7.66. The van der Waals surface area contributed by atoms with Crippen molar-refractivity contribution < 1.29 is 56.3 Å². The van der Waals surface area contributed by atoms with E-state index in [1.165, 1.54) is 12.3 Å². The molecule has 28 heavy (non-hydrogen) atoms. The van der Waals surface area contributed by atoms with Crippen LogP contribution in [0.5, 0.6) is 0 Å². The van der Waals surface area contributed by atoms with Crippen LogP contribution < -0.4 is 11.4 Å². The van der Waals surface area contributed by atoms with Gasteiger partial charge in [0.05, 0.1) is 12.7 Å². The van der Waals surface area contributed by atoms with Gasteiger partial charge >= 0.3 is 29.2 Å². The lowest BCUT2D eigenvalue weighted by Crippen LogP contribution is -2.31. The second-order valence-electron chi connectivity index (χ2n) is 5.38. The van der Waals surface area contributed by atoms with Crippen molar-refractivity contribution in [1.29, 1.82) is 0 Å². The average molecular weight is 467 g/mol. The summed E-state index contributed by atoms with van der Waals surface area (Å²) in [6.45, 7) is -0.756. The number of nitrogens with zero attached hydrogens (tertiary/aromatic N) is 2. The molecule has 2 heterocycles. The van der Waals surface area contributed by atoms with Gasteiger partial charge in [0.2, 0.25) is 0 Å². The van der Waals surface area contributed by atoms with Crippen molar-refractivity contribution in [1.82, 2.24) is 9.55 Å². The van der Waals surface area contributed by atoms with Gasteiger partial charge in [0.1, 0.15) is 11.9 Å². The van der Waals surface area contributed by atoms with Gasteiger partial charge in [-0.2, -0.15) is 13.6 Å². The Bertz CT molecular complexity index is 914. The minimum absolute atomic E-state index is 0.0575. The molecule has 1 saturated heterocycles. The van der Waals surface area contributed by atoms with Crippen molar-refractivity contribution in [2.24, 2.45) is 0 Å². The second kappa shape index (κ2) is 8.40. The van der Waals surface area contributed by atoms with Crippen LogP contribution in [0.15, 0.2) is 17.1 Å². The number of ether oxygens (including phenoxy) is 1. The van der Waals surface area contributed by atoms with Crippen LogP contribution in [0.25, 0.3) is 0 Å². The summed E-state index contributed by atoms with van der Waals surface area (Å²) in [5, 5.41) is 10.00. The molecule has 2 unspecified atom stereocenters. The van der Waals surface area contributed by atoms with Gasteiger partial charge in [-0.1, -0.05) is 0 Å². The molecule has 0 aromatic carbocycles. The molecular weight excluding hydrogens is 451 g/mol. The average Bonchev–Trinajstić information content (AvgIpc) is 2.82. The predicted molar refractivity (Wildman–Crippen MR) is 87.3 cm³/mol. The molecule has 0 spiro atoms. The first-order valence-electron chi connectivity index (χ1n) is 7.14. The van der Waals surface area contributed by atoms with E-state index in [4.69, 9.17) is 25.2 Å². The summed E-state index contributed by atoms with van der Waals surface area (Å²) in [4.78, 5) is 50.5. The van der Waals surface area contributed by atoms with Gasteiger partial charge in [-0.25, -0.2) is 18.5 Å². The number of anilines is 1. The van der Waals surface area contributed by atoms with Crippen molar-refractivity contribution in [3.8, 4) is 0 Å². The normalized spacial score (nSPS) is 27.2.